The Hall–Kier alpha value is -0.740. The fourth-order valence-corrected chi connectivity index (χ4v) is 1.89. The minimum atomic E-state index is -0.461. The number of thioether (sulfide) groups is 1. The molecule has 1 aromatic rings. The fourth-order valence-electron chi connectivity index (χ4n) is 0.912. The van der Waals surface area contributed by atoms with Gasteiger partial charge in [0.05, 0.1) is 17.4 Å². The Morgan fingerprint density at radius 3 is 2.93 bits per heavy atom. The van der Waals surface area contributed by atoms with Crippen LogP contribution >= 0.6 is 23.4 Å². The van der Waals surface area contributed by atoms with E-state index in [0.717, 1.165) is 4.90 Å². The zero-order valence-corrected chi connectivity index (χ0v) is 9.70. The van der Waals surface area contributed by atoms with Crippen LogP contribution in [0.5, 0.6) is 0 Å². The molecule has 0 amide bonds. The second-order valence-electron chi connectivity index (χ2n) is 2.67. The Kier molecular flexibility index (Phi) is 4.91. The lowest BCUT2D eigenvalue weighted by Gasteiger charge is -2.02. The van der Waals surface area contributed by atoms with Gasteiger partial charge < -0.3 is 4.74 Å². The molecule has 0 aliphatic rings. The number of hydrogen-bond donors (Lipinski definition) is 0. The Labute approximate surface area is 96.8 Å². The summed E-state index contributed by atoms with van der Waals surface area (Å²) >= 11 is 6.85. The van der Waals surface area contributed by atoms with Crippen molar-refractivity contribution in [3.05, 3.63) is 29.0 Å². The first-order valence-corrected chi connectivity index (χ1v) is 5.73. The Bertz CT molecular complexity index is 357. The van der Waals surface area contributed by atoms with Gasteiger partial charge in [0.15, 0.2) is 0 Å². The molecule has 0 aliphatic heterocycles. The molecule has 1 aromatic carbocycles. The summed E-state index contributed by atoms with van der Waals surface area (Å²) in [6, 6.07) is 4.34. The van der Waals surface area contributed by atoms with Crippen molar-refractivity contribution < 1.29 is 13.9 Å². The molecule has 0 spiro atoms. The zero-order valence-electron chi connectivity index (χ0n) is 8.13. The van der Waals surface area contributed by atoms with Gasteiger partial charge in [-0.15, -0.1) is 11.8 Å². The van der Waals surface area contributed by atoms with Gasteiger partial charge in [-0.2, -0.15) is 0 Å². The van der Waals surface area contributed by atoms with E-state index in [9.17, 15) is 9.18 Å². The predicted octanol–water partition coefficient (Wildman–Crippen LogP) is 3.13. The van der Waals surface area contributed by atoms with Crippen LogP contribution in [0.4, 0.5) is 4.39 Å². The smallest absolute Gasteiger partial charge is 0.316 e. The number of halogens is 2. The summed E-state index contributed by atoms with van der Waals surface area (Å²) in [5.74, 6) is -0.546. The Morgan fingerprint density at radius 1 is 1.60 bits per heavy atom. The minimum Gasteiger partial charge on any atom is -0.465 e. The SMILES string of the molecule is CCOC(=O)CSc1ccc(F)c(Cl)c1. The highest BCUT2D eigenvalue weighted by molar-refractivity contribution is 8.00. The summed E-state index contributed by atoms with van der Waals surface area (Å²) in [4.78, 5) is 11.8. The number of esters is 1. The molecule has 0 fully saturated rings. The Balaban J connectivity index is 2.51. The van der Waals surface area contributed by atoms with Crippen LogP contribution < -0.4 is 0 Å². The first kappa shape index (κ1) is 12.3. The maximum absolute atomic E-state index is 12.8. The van der Waals surface area contributed by atoms with Gasteiger partial charge in [-0.25, -0.2) is 4.39 Å². The number of carbonyl (C=O) groups is 1. The summed E-state index contributed by atoms with van der Waals surface area (Å²) in [5, 5.41) is 0.0591. The second kappa shape index (κ2) is 5.98. The first-order chi connectivity index (χ1) is 7.13. The average Bonchev–Trinajstić information content (AvgIpc) is 2.20. The van der Waals surface area contributed by atoms with Gasteiger partial charge in [0, 0.05) is 4.90 Å². The van der Waals surface area contributed by atoms with Crippen molar-refractivity contribution in [2.75, 3.05) is 12.4 Å². The van der Waals surface area contributed by atoms with E-state index in [0.29, 0.717) is 6.61 Å². The van der Waals surface area contributed by atoms with E-state index < -0.39 is 5.82 Å². The van der Waals surface area contributed by atoms with Crippen LogP contribution in [0.2, 0.25) is 5.02 Å². The number of benzene rings is 1. The van der Waals surface area contributed by atoms with Crippen molar-refractivity contribution >= 4 is 29.3 Å². The van der Waals surface area contributed by atoms with Crippen molar-refractivity contribution in [3.63, 3.8) is 0 Å². The van der Waals surface area contributed by atoms with Crippen molar-refractivity contribution in [1.82, 2.24) is 0 Å². The van der Waals surface area contributed by atoms with Crippen LogP contribution in [-0.4, -0.2) is 18.3 Å². The number of hydrogen-bond acceptors (Lipinski definition) is 3. The maximum atomic E-state index is 12.8. The number of carbonyl (C=O) groups excluding carboxylic acids is 1. The molecule has 0 aromatic heterocycles. The quantitative estimate of drug-likeness (QED) is 0.605. The molecular formula is C10H10ClFO2S. The van der Waals surface area contributed by atoms with E-state index in [1.165, 1.54) is 23.9 Å². The molecule has 1 rings (SSSR count). The predicted molar refractivity (Wildman–Crippen MR) is 58.8 cm³/mol. The zero-order chi connectivity index (χ0) is 11.3. The summed E-state index contributed by atoms with van der Waals surface area (Å²) in [6.45, 7) is 2.11. The van der Waals surface area contributed by atoms with Crippen LogP contribution in [0.25, 0.3) is 0 Å². The van der Waals surface area contributed by atoms with E-state index in [1.807, 2.05) is 0 Å². The third kappa shape index (κ3) is 4.10. The maximum Gasteiger partial charge on any atom is 0.316 e. The van der Waals surface area contributed by atoms with E-state index in [2.05, 4.69) is 0 Å². The van der Waals surface area contributed by atoms with Crippen molar-refractivity contribution in [3.8, 4) is 0 Å². The Morgan fingerprint density at radius 2 is 2.33 bits per heavy atom. The molecule has 82 valence electrons. The molecule has 5 heteroatoms. The van der Waals surface area contributed by atoms with Crippen LogP contribution in [0, 0.1) is 5.82 Å². The molecule has 0 atom stereocenters. The van der Waals surface area contributed by atoms with Gasteiger partial charge in [-0.3, -0.25) is 4.79 Å². The highest BCUT2D eigenvalue weighted by Crippen LogP contribution is 2.23. The van der Waals surface area contributed by atoms with Crippen LogP contribution in [0.1, 0.15) is 6.92 Å². The fraction of sp³-hybridized carbons (Fsp3) is 0.300. The molecule has 0 radical (unpaired) electrons. The molecule has 0 aliphatic carbocycles. The highest BCUT2D eigenvalue weighted by Gasteiger charge is 2.05. The van der Waals surface area contributed by atoms with E-state index in [-0.39, 0.29) is 16.7 Å². The monoisotopic (exact) mass is 248 g/mol. The van der Waals surface area contributed by atoms with E-state index in [4.69, 9.17) is 16.3 Å². The summed E-state index contributed by atoms with van der Waals surface area (Å²) < 4.78 is 17.5. The number of rotatable bonds is 4. The molecule has 0 saturated heterocycles. The van der Waals surface area contributed by atoms with E-state index in [1.54, 1.807) is 13.0 Å². The van der Waals surface area contributed by atoms with Gasteiger partial charge in [-0.1, -0.05) is 11.6 Å². The largest absolute Gasteiger partial charge is 0.465 e. The molecule has 0 unspecified atom stereocenters. The molecular weight excluding hydrogens is 239 g/mol. The lowest BCUT2D eigenvalue weighted by molar-refractivity contribution is -0.139. The summed E-state index contributed by atoms with van der Waals surface area (Å²) in [7, 11) is 0. The van der Waals surface area contributed by atoms with Crippen LogP contribution in [0.3, 0.4) is 0 Å². The standard InChI is InChI=1S/C10H10ClFO2S/c1-2-14-10(13)6-15-7-3-4-9(12)8(11)5-7/h3-5H,2,6H2,1H3. The molecule has 2 nitrogen and oxygen atoms in total. The summed E-state index contributed by atoms with van der Waals surface area (Å²) in [5.41, 5.74) is 0. The van der Waals surface area contributed by atoms with Gasteiger partial charge >= 0.3 is 5.97 Å². The minimum absolute atomic E-state index is 0.0591. The van der Waals surface area contributed by atoms with Crippen molar-refractivity contribution in [2.45, 2.75) is 11.8 Å². The molecule has 0 bridgehead atoms. The number of ether oxygens (including phenoxy) is 1. The van der Waals surface area contributed by atoms with Crippen molar-refractivity contribution in [2.24, 2.45) is 0 Å². The van der Waals surface area contributed by atoms with Crippen molar-refractivity contribution in [1.29, 1.82) is 0 Å². The molecule has 15 heavy (non-hydrogen) atoms. The van der Waals surface area contributed by atoms with Crippen LogP contribution in [-0.2, 0) is 9.53 Å². The van der Waals surface area contributed by atoms with Gasteiger partial charge in [0.25, 0.3) is 0 Å². The normalized spacial score (nSPS) is 10.1. The third-order valence-corrected chi connectivity index (χ3v) is 2.81. The van der Waals surface area contributed by atoms with Crippen LogP contribution in [0.15, 0.2) is 23.1 Å². The van der Waals surface area contributed by atoms with Gasteiger partial charge in [0.1, 0.15) is 5.82 Å². The molecule has 0 N–H and O–H groups in total. The molecule has 0 heterocycles. The second-order valence-corrected chi connectivity index (χ2v) is 4.13. The third-order valence-electron chi connectivity index (χ3n) is 1.55. The molecule has 0 saturated carbocycles. The van der Waals surface area contributed by atoms with Gasteiger partial charge in [-0.05, 0) is 25.1 Å². The summed E-state index contributed by atoms with van der Waals surface area (Å²) in [6.07, 6.45) is 0. The highest BCUT2D eigenvalue weighted by atomic mass is 35.5. The average molecular weight is 249 g/mol. The van der Waals surface area contributed by atoms with Gasteiger partial charge in [0.2, 0.25) is 0 Å². The lowest BCUT2D eigenvalue weighted by atomic mass is 10.3. The first-order valence-electron chi connectivity index (χ1n) is 4.37. The lowest BCUT2D eigenvalue weighted by Crippen LogP contribution is -2.06. The topological polar surface area (TPSA) is 26.3 Å². The van der Waals surface area contributed by atoms with E-state index >= 15 is 0 Å².